The smallest absolute Gasteiger partial charge is 0.245 e. The lowest BCUT2D eigenvalue weighted by Crippen LogP contribution is -2.31. The maximum atomic E-state index is 4.04. The van der Waals surface area contributed by atoms with Crippen LogP contribution in [-0.2, 0) is 7.05 Å². The highest BCUT2D eigenvalue weighted by atomic mass is 79.9. The first kappa shape index (κ1) is 9.89. The Morgan fingerprint density at radius 1 is 1.57 bits per heavy atom. The van der Waals surface area contributed by atoms with Gasteiger partial charge in [0.15, 0.2) is 0 Å². The predicted molar refractivity (Wildman–Crippen MR) is 57.6 cm³/mol. The fraction of sp³-hybridized carbons (Fsp3) is 0.875. The molecule has 1 atom stereocenters. The van der Waals surface area contributed by atoms with E-state index in [-0.39, 0.29) is 0 Å². The first-order valence-corrected chi connectivity index (χ1v) is 6.00. The van der Waals surface area contributed by atoms with Gasteiger partial charge in [-0.05, 0) is 29.7 Å². The zero-order chi connectivity index (χ0) is 9.97. The minimum Gasteiger partial charge on any atom is -0.337 e. The maximum Gasteiger partial charge on any atom is 0.245 e. The lowest BCUT2D eigenvalue weighted by atomic mass is 10.2. The van der Waals surface area contributed by atoms with Crippen molar-refractivity contribution < 1.29 is 0 Å². The lowest BCUT2D eigenvalue weighted by molar-refractivity contribution is 0.619. The van der Waals surface area contributed by atoms with Crippen molar-refractivity contribution in [3.05, 3.63) is 0 Å². The number of rotatable bonds is 3. The van der Waals surface area contributed by atoms with Crippen molar-refractivity contribution in [3.8, 4) is 0 Å². The first-order valence-electron chi connectivity index (χ1n) is 4.88. The van der Waals surface area contributed by atoms with E-state index in [1.807, 2.05) is 7.05 Å². The van der Waals surface area contributed by atoms with E-state index in [4.69, 9.17) is 0 Å². The van der Waals surface area contributed by atoms with E-state index < -0.39 is 0 Å². The van der Waals surface area contributed by atoms with Gasteiger partial charge in [0, 0.05) is 25.0 Å². The SMILES string of the molecule is Cn1nnnc1N1CCCC1CCBr. The molecule has 0 saturated carbocycles. The van der Waals surface area contributed by atoms with Gasteiger partial charge in [0.1, 0.15) is 0 Å². The molecule has 0 amide bonds. The van der Waals surface area contributed by atoms with Crippen molar-refractivity contribution in [2.45, 2.75) is 25.3 Å². The van der Waals surface area contributed by atoms with Crippen LogP contribution in [0.15, 0.2) is 0 Å². The van der Waals surface area contributed by atoms with E-state index in [1.165, 1.54) is 12.8 Å². The van der Waals surface area contributed by atoms with E-state index in [2.05, 4.69) is 36.4 Å². The number of hydrogen-bond donors (Lipinski definition) is 0. The van der Waals surface area contributed by atoms with Crippen LogP contribution in [0.25, 0.3) is 0 Å². The number of nitrogens with zero attached hydrogens (tertiary/aromatic N) is 5. The molecule has 1 aromatic heterocycles. The van der Waals surface area contributed by atoms with Crippen molar-refractivity contribution in [1.82, 2.24) is 20.2 Å². The summed E-state index contributed by atoms with van der Waals surface area (Å²) in [6, 6.07) is 0.596. The minimum atomic E-state index is 0.596. The summed E-state index contributed by atoms with van der Waals surface area (Å²) in [5.74, 6) is 0.897. The summed E-state index contributed by atoms with van der Waals surface area (Å²) in [6.45, 7) is 1.08. The first-order chi connectivity index (χ1) is 6.83. The topological polar surface area (TPSA) is 46.8 Å². The molecule has 6 heteroatoms. The Morgan fingerprint density at radius 3 is 3.07 bits per heavy atom. The number of anilines is 1. The van der Waals surface area contributed by atoms with Gasteiger partial charge in [0.2, 0.25) is 5.95 Å². The molecule has 2 heterocycles. The highest BCUT2D eigenvalue weighted by Gasteiger charge is 2.27. The minimum absolute atomic E-state index is 0.596. The van der Waals surface area contributed by atoms with Gasteiger partial charge in [-0.1, -0.05) is 21.0 Å². The van der Waals surface area contributed by atoms with Crippen LogP contribution in [0.4, 0.5) is 5.95 Å². The average Bonchev–Trinajstić information content (AvgIpc) is 2.74. The molecule has 1 unspecified atom stereocenters. The second kappa shape index (κ2) is 4.25. The molecule has 0 aliphatic carbocycles. The number of hydrogen-bond acceptors (Lipinski definition) is 4. The van der Waals surface area contributed by atoms with Gasteiger partial charge in [0.05, 0.1) is 0 Å². The quantitative estimate of drug-likeness (QED) is 0.759. The lowest BCUT2D eigenvalue weighted by Gasteiger charge is -2.23. The molecule has 5 nitrogen and oxygen atoms in total. The van der Waals surface area contributed by atoms with Crippen molar-refractivity contribution in [2.75, 3.05) is 16.8 Å². The van der Waals surface area contributed by atoms with Gasteiger partial charge >= 0.3 is 0 Å². The summed E-state index contributed by atoms with van der Waals surface area (Å²) in [5, 5.41) is 12.6. The summed E-state index contributed by atoms with van der Waals surface area (Å²) < 4.78 is 1.74. The molecule has 2 rings (SSSR count). The Kier molecular flexibility index (Phi) is 3.00. The van der Waals surface area contributed by atoms with E-state index in [0.29, 0.717) is 6.04 Å². The fourth-order valence-corrected chi connectivity index (χ4v) is 2.52. The zero-order valence-corrected chi connectivity index (χ0v) is 9.81. The Labute approximate surface area is 91.6 Å². The molecule has 1 saturated heterocycles. The Bertz CT molecular complexity index is 300. The molecule has 0 aromatic carbocycles. The van der Waals surface area contributed by atoms with E-state index in [1.54, 1.807) is 4.68 Å². The molecule has 0 spiro atoms. The molecule has 0 bridgehead atoms. The molecular weight excluding hydrogens is 246 g/mol. The molecule has 0 radical (unpaired) electrons. The molecule has 0 N–H and O–H groups in total. The Hall–Kier alpha value is -0.650. The molecule has 1 aromatic rings. The van der Waals surface area contributed by atoms with Crippen LogP contribution < -0.4 is 4.90 Å². The number of halogens is 1. The van der Waals surface area contributed by atoms with Crippen LogP contribution in [0.5, 0.6) is 0 Å². The van der Waals surface area contributed by atoms with Gasteiger partial charge in [-0.15, -0.1) is 0 Å². The average molecular weight is 260 g/mol. The standard InChI is InChI=1S/C8H14BrN5/c1-13-8(10-11-12-13)14-6-2-3-7(14)4-5-9/h7H,2-6H2,1H3. The van der Waals surface area contributed by atoms with Crippen LogP contribution >= 0.6 is 15.9 Å². The molecular formula is C8H14BrN5. The summed E-state index contributed by atoms with van der Waals surface area (Å²) in [5.41, 5.74) is 0. The largest absolute Gasteiger partial charge is 0.337 e. The second-order valence-corrected chi connectivity index (χ2v) is 4.36. The predicted octanol–water partition coefficient (Wildman–Crippen LogP) is 0.964. The third-order valence-electron chi connectivity index (χ3n) is 2.67. The monoisotopic (exact) mass is 259 g/mol. The summed E-state index contributed by atoms with van der Waals surface area (Å²) in [6.07, 6.45) is 3.65. The van der Waals surface area contributed by atoms with Crippen molar-refractivity contribution >= 4 is 21.9 Å². The summed E-state index contributed by atoms with van der Waals surface area (Å²) in [4.78, 5) is 2.31. The Morgan fingerprint density at radius 2 is 2.43 bits per heavy atom. The zero-order valence-electron chi connectivity index (χ0n) is 8.23. The molecule has 78 valence electrons. The van der Waals surface area contributed by atoms with Crippen molar-refractivity contribution in [3.63, 3.8) is 0 Å². The van der Waals surface area contributed by atoms with E-state index in [9.17, 15) is 0 Å². The van der Waals surface area contributed by atoms with Crippen LogP contribution in [0.2, 0.25) is 0 Å². The van der Waals surface area contributed by atoms with Gasteiger partial charge in [-0.25, -0.2) is 4.68 Å². The third-order valence-corrected chi connectivity index (χ3v) is 3.13. The van der Waals surface area contributed by atoms with Crippen LogP contribution in [0.1, 0.15) is 19.3 Å². The van der Waals surface area contributed by atoms with Crippen molar-refractivity contribution in [2.24, 2.45) is 7.05 Å². The highest BCUT2D eigenvalue weighted by Crippen LogP contribution is 2.24. The van der Waals surface area contributed by atoms with Gasteiger partial charge < -0.3 is 4.90 Å². The fourth-order valence-electron chi connectivity index (χ4n) is 1.99. The van der Waals surface area contributed by atoms with Crippen LogP contribution in [0.3, 0.4) is 0 Å². The van der Waals surface area contributed by atoms with Crippen LogP contribution in [-0.4, -0.2) is 38.1 Å². The normalized spacial score (nSPS) is 21.9. The van der Waals surface area contributed by atoms with Crippen LogP contribution in [0, 0.1) is 0 Å². The van der Waals surface area contributed by atoms with Gasteiger partial charge in [-0.3, -0.25) is 0 Å². The molecule has 14 heavy (non-hydrogen) atoms. The molecule has 1 fully saturated rings. The Balaban J connectivity index is 2.13. The van der Waals surface area contributed by atoms with E-state index >= 15 is 0 Å². The number of tetrazole rings is 1. The second-order valence-electron chi connectivity index (χ2n) is 3.57. The summed E-state index contributed by atoms with van der Waals surface area (Å²) in [7, 11) is 1.89. The molecule has 1 aliphatic heterocycles. The van der Waals surface area contributed by atoms with Gasteiger partial charge in [0.25, 0.3) is 0 Å². The molecule has 1 aliphatic rings. The number of alkyl halides is 1. The van der Waals surface area contributed by atoms with E-state index in [0.717, 1.165) is 24.2 Å². The van der Waals surface area contributed by atoms with Crippen molar-refractivity contribution in [1.29, 1.82) is 0 Å². The van der Waals surface area contributed by atoms with Gasteiger partial charge in [-0.2, -0.15) is 0 Å². The number of aryl methyl sites for hydroxylation is 1. The summed E-state index contributed by atoms with van der Waals surface area (Å²) >= 11 is 3.48. The maximum absolute atomic E-state index is 4.04. The highest BCUT2D eigenvalue weighted by molar-refractivity contribution is 9.09. The number of aromatic nitrogens is 4. The third kappa shape index (κ3) is 1.75.